The monoisotopic (exact) mass is 406 g/mol. The van der Waals surface area contributed by atoms with Crippen molar-refractivity contribution in [3.63, 3.8) is 0 Å². The first-order valence-corrected chi connectivity index (χ1v) is 11.3. The van der Waals surface area contributed by atoms with Crippen LogP contribution in [0.3, 0.4) is 0 Å². The molecule has 0 radical (unpaired) electrons. The van der Waals surface area contributed by atoms with E-state index >= 15 is 0 Å². The van der Waals surface area contributed by atoms with E-state index in [-0.39, 0.29) is 23.6 Å². The third kappa shape index (κ3) is 5.94. The summed E-state index contributed by atoms with van der Waals surface area (Å²) >= 11 is 0. The Labute approximate surface area is 180 Å². The molecule has 2 aromatic rings. The number of phenols is 2. The maximum atomic E-state index is 10.2. The molecular weight excluding hydrogens is 372 g/mol. The fourth-order valence-electron chi connectivity index (χ4n) is 4.09. The van der Waals surface area contributed by atoms with Crippen LogP contribution < -0.4 is 0 Å². The number of benzene rings is 2. The molecule has 160 valence electrons. The molecule has 0 aromatic heterocycles. The number of rotatable bonds is 8. The molecule has 1 saturated carbocycles. The topological polar surface area (TPSA) is 65.2 Å². The molecule has 2 unspecified atom stereocenters. The molecule has 0 amide bonds. The van der Waals surface area contributed by atoms with Gasteiger partial charge in [-0.15, -0.1) is 0 Å². The molecule has 2 N–H and O–H groups in total. The van der Waals surface area contributed by atoms with Crippen LogP contribution in [0, 0.1) is 0 Å². The molecular formula is C26H34N2O2. The molecule has 4 nitrogen and oxygen atoms in total. The van der Waals surface area contributed by atoms with Crippen LogP contribution in [0.2, 0.25) is 0 Å². The van der Waals surface area contributed by atoms with Gasteiger partial charge in [0.1, 0.15) is 11.5 Å². The number of phenolic OH excluding ortho intramolecular Hbond substituents is 2. The van der Waals surface area contributed by atoms with Crippen LogP contribution in [0.1, 0.15) is 74.6 Å². The Kier molecular flexibility index (Phi) is 8.06. The SMILES string of the molecule is CCCc1ccc(O)c(C=NC2CCCCC2N=Cc2cc(CCC)ccc2O)c1. The van der Waals surface area contributed by atoms with Crippen molar-refractivity contribution in [1.82, 2.24) is 0 Å². The Balaban J connectivity index is 1.76. The third-order valence-corrected chi connectivity index (χ3v) is 5.77. The van der Waals surface area contributed by atoms with Crippen LogP contribution in [-0.2, 0) is 12.8 Å². The maximum Gasteiger partial charge on any atom is 0.124 e. The van der Waals surface area contributed by atoms with E-state index in [1.54, 1.807) is 12.1 Å². The lowest BCUT2D eigenvalue weighted by atomic mass is 9.91. The van der Waals surface area contributed by atoms with Crippen LogP contribution in [0.15, 0.2) is 46.4 Å². The van der Waals surface area contributed by atoms with Crippen molar-refractivity contribution in [2.75, 3.05) is 0 Å². The Morgan fingerprint density at radius 3 is 1.60 bits per heavy atom. The van der Waals surface area contributed by atoms with E-state index in [0.717, 1.165) is 62.5 Å². The van der Waals surface area contributed by atoms with Gasteiger partial charge in [-0.1, -0.05) is 51.7 Å². The van der Waals surface area contributed by atoms with Crippen LogP contribution in [0.25, 0.3) is 0 Å². The molecule has 1 aliphatic rings. The highest BCUT2D eigenvalue weighted by Gasteiger charge is 2.23. The van der Waals surface area contributed by atoms with Gasteiger partial charge < -0.3 is 10.2 Å². The minimum atomic E-state index is 0.102. The largest absolute Gasteiger partial charge is 0.507 e. The molecule has 3 rings (SSSR count). The second-order valence-corrected chi connectivity index (χ2v) is 8.26. The Morgan fingerprint density at radius 2 is 1.20 bits per heavy atom. The summed E-state index contributed by atoms with van der Waals surface area (Å²) in [5, 5.41) is 20.4. The van der Waals surface area contributed by atoms with Gasteiger partial charge in [0.2, 0.25) is 0 Å². The van der Waals surface area contributed by atoms with Crippen LogP contribution in [0.4, 0.5) is 0 Å². The van der Waals surface area contributed by atoms with Gasteiger partial charge in [0.15, 0.2) is 0 Å². The van der Waals surface area contributed by atoms with Gasteiger partial charge in [-0.25, -0.2) is 0 Å². The number of aryl methyl sites for hydroxylation is 2. The summed E-state index contributed by atoms with van der Waals surface area (Å²) in [7, 11) is 0. The highest BCUT2D eigenvalue weighted by molar-refractivity contribution is 5.84. The van der Waals surface area contributed by atoms with Crippen molar-refractivity contribution in [1.29, 1.82) is 0 Å². The van der Waals surface area contributed by atoms with Gasteiger partial charge in [0, 0.05) is 23.6 Å². The van der Waals surface area contributed by atoms with E-state index in [4.69, 9.17) is 9.98 Å². The zero-order valence-corrected chi connectivity index (χ0v) is 18.2. The molecule has 1 aliphatic carbocycles. The normalized spacial score (nSPS) is 19.7. The summed E-state index contributed by atoms with van der Waals surface area (Å²) in [5.41, 5.74) is 3.99. The Morgan fingerprint density at radius 1 is 0.767 bits per heavy atom. The Hall–Kier alpha value is -2.62. The number of hydrogen-bond donors (Lipinski definition) is 2. The molecule has 0 saturated heterocycles. The second kappa shape index (κ2) is 11.0. The van der Waals surface area contributed by atoms with Crippen LogP contribution in [-0.4, -0.2) is 34.7 Å². The number of hydrogen-bond acceptors (Lipinski definition) is 4. The number of nitrogens with zero attached hydrogens (tertiary/aromatic N) is 2. The van der Waals surface area contributed by atoms with Gasteiger partial charge in [0.05, 0.1) is 12.1 Å². The van der Waals surface area contributed by atoms with E-state index < -0.39 is 0 Å². The first kappa shape index (κ1) is 22.1. The minimum absolute atomic E-state index is 0.102. The van der Waals surface area contributed by atoms with Gasteiger partial charge in [-0.2, -0.15) is 0 Å². The molecule has 2 atom stereocenters. The van der Waals surface area contributed by atoms with Gasteiger partial charge in [-0.05, 0) is 61.1 Å². The quantitative estimate of drug-likeness (QED) is 0.540. The number of aliphatic imine (C=N–C) groups is 2. The van der Waals surface area contributed by atoms with Gasteiger partial charge in [0.25, 0.3) is 0 Å². The molecule has 0 heterocycles. The molecule has 4 heteroatoms. The van der Waals surface area contributed by atoms with E-state index in [9.17, 15) is 10.2 Å². The van der Waals surface area contributed by atoms with Crippen molar-refractivity contribution < 1.29 is 10.2 Å². The summed E-state index contributed by atoms with van der Waals surface area (Å²) < 4.78 is 0. The molecule has 2 aromatic carbocycles. The summed E-state index contributed by atoms with van der Waals surface area (Å²) in [4.78, 5) is 9.63. The summed E-state index contributed by atoms with van der Waals surface area (Å²) in [6, 6.07) is 11.7. The highest BCUT2D eigenvalue weighted by atomic mass is 16.3. The van der Waals surface area contributed by atoms with Gasteiger partial charge >= 0.3 is 0 Å². The lowest BCUT2D eigenvalue weighted by Gasteiger charge is -2.25. The lowest BCUT2D eigenvalue weighted by molar-refractivity contribution is 0.390. The first-order valence-electron chi connectivity index (χ1n) is 11.3. The van der Waals surface area contributed by atoms with Crippen molar-refractivity contribution in [3.05, 3.63) is 58.7 Å². The average Bonchev–Trinajstić information content (AvgIpc) is 2.75. The van der Waals surface area contributed by atoms with E-state index in [1.165, 1.54) is 11.1 Å². The van der Waals surface area contributed by atoms with E-state index in [0.29, 0.717) is 0 Å². The fraction of sp³-hybridized carbons (Fsp3) is 0.462. The van der Waals surface area contributed by atoms with Gasteiger partial charge in [-0.3, -0.25) is 9.98 Å². The zero-order valence-electron chi connectivity index (χ0n) is 18.2. The van der Waals surface area contributed by atoms with Crippen molar-refractivity contribution in [3.8, 4) is 11.5 Å². The predicted molar refractivity (Wildman–Crippen MR) is 125 cm³/mol. The minimum Gasteiger partial charge on any atom is -0.507 e. The van der Waals surface area contributed by atoms with E-state index in [1.807, 2.05) is 36.7 Å². The lowest BCUT2D eigenvalue weighted by Crippen LogP contribution is -2.27. The van der Waals surface area contributed by atoms with Crippen molar-refractivity contribution in [2.45, 2.75) is 77.3 Å². The standard InChI is InChI=1S/C26H34N2O2/c1-3-7-19-11-13-25(29)21(15-19)17-27-23-9-5-6-10-24(23)28-18-22-16-20(8-4-2)12-14-26(22)30/h11-18,23-24,29-30H,3-10H2,1-2H3. The fourth-order valence-corrected chi connectivity index (χ4v) is 4.09. The van der Waals surface area contributed by atoms with E-state index in [2.05, 4.69) is 13.8 Å². The smallest absolute Gasteiger partial charge is 0.124 e. The van der Waals surface area contributed by atoms with Crippen molar-refractivity contribution in [2.24, 2.45) is 9.98 Å². The number of aromatic hydroxyl groups is 2. The molecule has 1 fully saturated rings. The molecule has 0 aliphatic heterocycles. The molecule has 30 heavy (non-hydrogen) atoms. The second-order valence-electron chi connectivity index (χ2n) is 8.26. The molecule has 0 bridgehead atoms. The van der Waals surface area contributed by atoms with Crippen LogP contribution >= 0.6 is 0 Å². The zero-order chi connectivity index (χ0) is 21.3. The van der Waals surface area contributed by atoms with Crippen LogP contribution in [0.5, 0.6) is 11.5 Å². The molecule has 0 spiro atoms. The Bertz CT molecular complexity index is 815. The maximum absolute atomic E-state index is 10.2. The summed E-state index contributed by atoms with van der Waals surface area (Å²) in [6.07, 6.45) is 12.1. The summed E-state index contributed by atoms with van der Waals surface area (Å²) in [6.45, 7) is 4.31. The average molecular weight is 407 g/mol. The third-order valence-electron chi connectivity index (χ3n) is 5.77. The van der Waals surface area contributed by atoms with Crippen molar-refractivity contribution >= 4 is 12.4 Å². The highest BCUT2D eigenvalue weighted by Crippen LogP contribution is 2.26. The first-order chi connectivity index (χ1) is 14.6. The summed E-state index contributed by atoms with van der Waals surface area (Å²) in [5.74, 6) is 0.541. The predicted octanol–water partition coefficient (Wildman–Crippen LogP) is 5.85.